The van der Waals surface area contributed by atoms with E-state index in [1.54, 1.807) is 30.6 Å². The molecule has 0 aliphatic carbocycles. The standard InChI is InChI=1S/C17H12N4O2S/c1-10-2-5-15(23-10)14-9-24-17(20-14)21-16(22)11-3-4-12-13(8-11)19-7-6-18-12/h2-9H,1H3,(H,20,21,22). The van der Waals surface area contributed by atoms with Gasteiger partial charge in [-0.25, -0.2) is 4.98 Å². The summed E-state index contributed by atoms with van der Waals surface area (Å²) in [7, 11) is 0. The maximum Gasteiger partial charge on any atom is 0.257 e. The van der Waals surface area contributed by atoms with Crippen LogP contribution in [0.1, 0.15) is 16.1 Å². The molecule has 6 nitrogen and oxygen atoms in total. The van der Waals surface area contributed by atoms with Crippen molar-refractivity contribution < 1.29 is 9.21 Å². The molecule has 0 aliphatic rings. The summed E-state index contributed by atoms with van der Waals surface area (Å²) in [4.78, 5) is 25.2. The minimum Gasteiger partial charge on any atom is -0.460 e. The zero-order valence-corrected chi connectivity index (χ0v) is 13.5. The lowest BCUT2D eigenvalue weighted by Gasteiger charge is -2.02. The van der Waals surface area contributed by atoms with Gasteiger partial charge in [0.15, 0.2) is 10.9 Å². The lowest BCUT2D eigenvalue weighted by Crippen LogP contribution is -2.11. The second kappa shape index (κ2) is 5.86. The van der Waals surface area contributed by atoms with Crippen molar-refractivity contribution in [2.75, 3.05) is 5.32 Å². The number of thiazole rings is 1. The monoisotopic (exact) mass is 336 g/mol. The number of carbonyl (C=O) groups is 1. The molecule has 0 bridgehead atoms. The van der Waals surface area contributed by atoms with Gasteiger partial charge in [-0.05, 0) is 37.3 Å². The Morgan fingerprint density at radius 2 is 1.96 bits per heavy atom. The molecule has 1 aromatic carbocycles. The van der Waals surface area contributed by atoms with Crippen LogP contribution < -0.4 is 5.32 Å². The number of anilines is 1. The molecule has 4 rings (SSSR count). The molecule has 1 N–H and O–H groups in total. The number of furan rings is 1. The molecule has 0 aliphatic heterocycles. The molecular formula is C17H12N4O2S. The number of rotatable bonds is 3. The van der Waals surface area contributed by atoms with Crippen LogP contribution in [-0.4, -0.2) is 20.9 Å². The first-order valence-electron chi connectivity index (χ1n) is 7.23. The molecule has 0 fully saturated rings. The Morgan fingerprint density at radius 3 is 2.75 bits per heavy atom. The maximum absolute atomic E-state index is 12.4. The van der Waals surface area contributed by atoms with E-state index in [0.717, 1.165) is 11.3 Å². The van der Waals surface area contributed by atoms with E-state index in [-0.39, 0.29) is 5.91 Å². The predicted molar refractivity (Wildman–Crippen MR) is 92.0 cm³/mol. The van der Waals surface area contributed by atoms with Crippen LogP contribution >= 0.6 is 11.3 Å². The fourth-order valence-corrected chi connectivity index (χ4v) is 2.99. The van der Waals surface area contributed by atoms with Gasteiger partial charge in [0.25, 0.3) is 5.91 Å². The molecule has 0 unspecified atom stereocenters. The van der Waals surface area contributed by atoms with Gasteiger partial charge < -0.3 is 4.42 Å². The summed E-state index contributed by atoms with van der Waals surface area (Å²) in [6.07, 6.45) is 3.22. The Balaban J connectivity index is 1.56. The van der Waals surface area contributed by atoms with Gasteiger partial charge in [0.1, 0.15) is 11.5 Å². The van der Waals surface area contributed by atoms with E-state index < -0.39 is 0 Å². The van der Waals surface area contributed by atoms with E-state index in [9.17, 15) is 4.79 Å². The van der Waals surface area contributed by atoms with Crippen molar-refractivity contribution in [1.82, 2.24) is 15.0 Å². The second-order valence-corrected chi connectivity index (χ2v) is 6.02. The number of aryl methyl sites for hydroxylation is 1. The van der Waals surface area contributed by atoms with Gasteiger partial charge in [-0.15, -0.1) is 11.3 Å². The van der Waals surface area contributed by atoms with Crippen LogP contribution in [0.2, 0.25) is 0 Å². The third-order valence-electron chi connectivity index (χ3n) is 3.45. The minimum atomic E-state index is -0.237. The van der Waals surface area contributed by atoms with Crippen LogP contribution in [0.25, 0.3) is 22.5 Å². The highest BCUT2D eigenvalue weighted by Gasteiger charge is 2.12. The van der Waals surface area contributed by atoms with E-state index in [0.29, 0.717) is 27.7 Å². The molecule has 3 aromatic heterocycles. The van der Waals surface area contributed by atoms with Crippen LogP contribution in [-0.2, 0) is 0 Å². The van der Waals surface area contributed by atoms with Crippen molar-refractivity contribution in [3.8, 4) is 11.5 Å². The molecule has 118 valence electrons. The number of hydrogen-bond acceptors (Lipinski definition) is 6. The summed E-state index contributed by atoms with van der Waals surface area (Å²) in [5.41, 5.74) is 2.64. The number of benzene rings is 1. The van der Waals surface area contributed by atoms with Crippen molar-refractivity contribution in [1.29, 1.82) is 0 Å². The van der Waals surface area contributed by atoms with Crippen LogP contribution in [0.5, 0.6) is 0 Å². The number of nitrogens with one attached hydrogen (secondary N) is 1. The fourth-order valence-electron chi connectivity index (χ4n) is 2.29. The average molecular weight is 336 g/mol. The normalized spacial score (nSPS) is 10.9. The maximum atomic E-state index is 12.4. The largest absolute Gasteiger partial charge is 0.460 e. The van der Waals surface area contributed by atoms with Gasteiger partial charge >= 0.3 is 0 Å². The molecule has 0 saturated heterocycles. The van der Waals surface area contributed by atoms with E-state index >= 15 is 0 Å². The molecule has 0 saturated carbocycles. The van der Waals surface area contributed by atoms with E-state index in [4.69, 9.17) is 4.42 Å². The molecule has 0 atom stereocenters. The number of fused-ring (bicyclic) bond motifs is 1. The number of carbonyl (C=O) groups excluding carboxylic acids is 1. The first-order valence-corrected chi connectivity index (χ1v) is 8.11. The summed E-state index contributed by atoms with van der Waals surface area (Å²) in [5.74, 6) is 1.27. The second-order valence-electron chi connectivity index (χ2n) is 5.16. The highest BCUT2D eigenvalue weighted by atomic mass is 32.1. The van der Waals surface area contributed by atoms with Gasteiger partial charge in [-0.1, -0.05) is 0 Å². The first kappa shape index (κ1) is 14.5. The van der Waals surface area contributed by atoms with Crippen molar-refractivity contribution in [3.63, 3.8) is 0 Å². The predicted octanol–water partition coefficient (Wildman–Crippen LogP) is 3.91. The van der Waals surface area contributed by atoms with Gasteiger partial charge in [0.05, 0.1) is 11.0 Å². The van der Waals surface area contributed by atoms with Crippen LogP contribution in [0.15, 0.2) is 52.5 Å². The van der Waals surface area contributed by atoms with Gasteiger partial charge in [0, 0.05) is 23.3 Å². The molecule has 0 radical (unpaired) electrons. The Labute approximate surface area is 141 Å². The highest BCUT2D eigenvalue weighted by molar-refractivity contribution is 7.14. The summed E-state index contributed by atoms with van der Waals surface area (Å²) < 4.78 is 5.54. The van der Waals surface area contributed by atoms with E-state index in [2.05, 4.69) is 20.3 Å². The van der Waals surface area contributed by atoms with Crippen molar-refractivity contribution >= 4 is 33.4 Å². The number of amides is 1. The Hall–Kier alpha value is -3.06. The topological polar surface area (TPSA) is 80.9 Å². The van der Waals surface area contributed by atoms with E-state index in [1.165, 1.54) is 11.3 Å². The number of nitrogens with zero attached hydrogens (tertiary/aromatic N) is 3. The average Bonchev–Trinajstić information content (AvgIpc) is 3.23. The summed E-state index contributed by atoms with van der Waals surface area (Å²) in [6.45, 7) is 1.88. The molecule has 24 heavy (non-hydrogen) atoms. The molecule has 7 heteroatoms. The SMILES string of the molecule is Cc1ccc(-c2csc(NC(=O)c3ccc4nccnc4c3)n2)o1. The Kier molecular flexibility index (Phi) is 3.55. The van der Waals surface area contributed by atoms with E-state index in [1.807, 2.05) is 24.4 Å². The molecule has 0 spiro atoms. The molecule has 1 amide bonds. The summed E-state index contributed by atoms with van der Waals surface area (Å²) >= 11 is 1.35. The molecular weight excluding hydrogens is 324 g/mol. The van der Waals surface area contributed by atoms with Gasteiger partial charge in [0.2, 0.25) is 0 Å². The lowest BCUT2D eigenvalue weighted by molar-refractivity contribution is 0.102. The van der Waals surface area contributed by atoms with Crippen molar-refractivity contribution in [3.05, 3.63) is 59.4 Å². The van der Waals surface area contributed by atoms with Gasteiger partial charge in [-0.2, -0.15) is 0 Å². The molecule has 3 heterocycles. The van der Waals surface area contributed by atoms with Crippen LogP contribution in [0.4, 0.5) is 5.13 Å². The third-order valence-corrected chi connectivity index (χ3v) is 4.21. The fraction of sp³-hybridized carbons (Fsp3) is 0.0588. The summed E-state index contributed by atoms with van der Waals surface area (Å²) in [6, 6.07) is 8.94. The zero-order chi connectivity index (χ0) is 16.5. The molecule has 4 aromatic rings. The Morgan fingerprint density at radius 1 is 1.12 bits per heavy atom. The van der Waals surface area contributed by atoms with Crippen molar-refractivity contribution in [2.45, 2.75) is 6.92 Å². The first-order chi connectivity index (χ1) is 11.7. The quantitative estimate of drug-likeness (QED) is 0.613. The number of hydrogen-bond donors (Lipinski definition) is 1. The lowest BCUT2D eigenvalue weighted by atomic mass is 10.2. The minimum absolute atomic E-state index is 0.237. The highest BCUT2D eigenvalue weighted by Crippen LogP contribution is 2.26. The van der Waals surface area contributed by atoms with Gasteiger partial charge in [-0.3, -0.25) is 20.1 Å². The zero-order valence-electron chi connectivity index (χ0n) is 12.7. The smallest absolute Gasteiger partial charge is 0.257 e. The van der Waals surface area contributed by atoms with Crippen LogP contribution in [0.3, 0.4) is 0 Å². The third kappa shape index (κ3) is 2.77. The number of aromatic nitrogens is 3. The Bertz CT molecular complexity index is 1040. The van der Waals surface area contributed by atoms with Crippen molar-refractivity contribution in [2.24, 2.45) is 0 Å². The summed E-state index contributed by atoms with van der Waals surface area (Å²) in [5, 5.41) is 5.16. The van der Waals surface area contributed by atoms with Crippen LogP contribution in [0, 0.1) is 6.92 Å².